The molecule has 0 aromatic heterocycles. The van der Waals surface area contributed by atoms with Crippen LogP contribution in [0.4, 0.5) is 9.18 Å². The van der Waals surface area contributed by atoms with Crippen molar-refractivity contribution in [3.05, 3.63) is 24.1 Å². The Balaban J connectivity index is 3.22. The summed E-state index contributed by atoms with van der Waals surface area (Å²) in [6, 6.07) is -0.925. The first-order valence-corrected chi connectivity index (χ1v) is 6.73. The Morgan fingerprint density at radius 1 is 1.32 bits per heavy atom. The highest BCUT2D eigenvalue weighted by atomic mass is 19.1. The number of alkyl carbamates (subject to hydrolysis) is 1. The van der Waals surface area contributed by atoms with Gasteiger partial charge in [0.15, 0.2) is 0 Å². The van der Waals surface area contributed by atoms with E-state index in [-0.39, 0.29) is 6.42 Å². The van der Waals surface area contributed by atoms with Crippen molar-refractivity contribution in [1.29, 1.82) is 0 Å². The molecule has 0 bridgehead atoms. The van der Waals surface area contributed by atoms with Crippen molar-refractivity contribution in [3.8, 4) is 0 Å². The van der Waals surface area contributed by atoms with Gasteiger partial charge in [0.2, 0.25) is 0 Å². The van der Waals surface area contributed by atoms with E-state index in [2.05, 4.69) is 14.8 Å². The van der Waals surface area contributed by atoms with E-state index in [9.17, 15) is 18.8 Å². The molecule has 0 fully saturated rings. The van der Waals surface area contributed by atoms with Gasteiger partial charge in [-0.2, -0.15) is 0 Å². The summed E-state index contributed by atoms with van der Waals surface area (Å²) in [5.41, 5.74) is -0.839. The number of carbonyl (C=O) groups excluding carboxylic acids is 3. The fraction of sp³-hybridized carbons (Fsp3) is 0.533. The highest BCUT2D eigenvalue weighted by Gasteiger charge is 2.45. The molecular formula is C15H20FNO5. The molecule has 6 nitrogen and oxygen atoms in total. The van der Waals surface area contributed by atoms with E-state index < -0.39 is 41.0 Å². The first-order chi connectivity index (χ1) is 10.2. The molecule has 0 heterocycles. The van der Waals surface area contributed by atoms with Crippen molar-refractivity contribution in [2.75, 3.05) is 14.2 Å². The van der Waals surface area contributed by atoms with E-state index in [4.69, 9.17) is 0 Å². The number of ketones is 1. The summed E-state index contributed by atoms with van der Waals surface area (Å²) in [4.78, 5) is 35.5. The van der Waals surface area contributed by atoms with Crippen LogP contribution in [0.3, 0.4) is 0 Å². The van der Waals surface area contributed by atoms with Crippen molar-refractivity contribution < 1.29 is 28.2 Å². The fourth-order valence-electron chi connectivity index (χ4n) is 2.43. The molecule has 1 aliphatic carbocycles. The van der Waals surface area contributed by atoms with Gasteiger partial charge in [-0.1, -0.05) is 13.0 Å². The van der Waals surface area contributed by atoms with Crippen molar-refractivity contribution in [2.45, 2.75) is 26.3 Å². The number of nitrogens with one attached hydrogen (secondary N) is 1. The topological polar surface area (TPSA) is 81.7 Å². The summed E-state index contributed by atoms with van der Waals surface area (Å²) >= 11 is 0. The highest BCUT2D eigenvalue weighted by Crippen LogP contribution is 2.37. The van der Waals surface area contributed by atoms with Crippen molar-refractivity contribution in [2.24, 2.45) is 11.3 Å². The SMILES string of the molecule is COC(=O)N[C@H](C(C(C)=O)C(=O)OC)C1(C)C=CC(F)=CC1. The van der Waals surface area contributed by atoms with Gasteiger partial charge in [0.1, 0.15) is 17.5 Å². The number of methoxy groups -OCH3 is 2. The van der Waals surface area contributed by atoms with E-state index in [0.29, 0.717) is 0 Å². The standard InChI is InChI=1S/C15H20FNO5/c1-9(18)11(13(19)21-3)12(17-14(20)22-4)15(2)7-5-10(16)6-8-15/h5-7,11-12H,8H2,1-4H3,(H,17,20)/t11?,12-,15?/m1/s1. The van der Waals surface area contributed by atoms with Gasteiger partial charge in [-0.25, -0.2) is 9.18 Å². The molecule has 1 N–H and O–H groups in total. The van der Waals surface area contributed by atoms with E-state index in [1.54, 1.807) is 6.92 Å². The lowest BCUT2D eigenvalue weighted by molar-refractivity contribution is -0.151. The molecule has 0 radical (unpaired) electrons. The van der Waals surface area contributed by atoms with Gasteiger partial charge >= 0.3 is 12.1 Å². The van der Waals surface area contributed by atoms with E-state index in [1.165, 1.54) is 32.3 Å². The lowest BCUT2D eigenvalue weighted by Crippen LogP contribution is -2.54. The number of halogens is 1. The number of allylic oxidation sites excluding steroid dienone is 3. The molecule has 122 valence electrons. The minimum Gasteiger partial charge on any atom is -0.468 e. The first kappa shape index (κ1) is 17.9. The summed E-state index contributed by atoms with van der Waals surface area (Å²) in [5, 5.41) is 2.50. The quantitative estimate of drug-likeness (QED) is 0.619. The molecule has 1 amide bonds. The van der Waals surface area contributed by atoms with E-state index in [0.717, 1.165) is 7.11 Å². The van der Waals surface area contributed by atoms with Crippen molar-refractivity contribution in [3.63, 3.8) is 0 Å². The third kappa shape index (κ3) is 3.93. The van der Waals surface area contributed by atoms with Crippen molar-refractivity contribution in [1.82, 2.24) is 5.32 Å². The van der Waals surface area contributed by atoms with Crippen LogP contribution in [0.15, 0.2) is 24.1 Å². The van der Waals surface area contributed by atoms with Gasteiger partial charge in [0.25, 0.3) is 0 Å². The second-order valence-corrected chi connectivity index (χ2v) is 5.36. The minimum atomic E-state index is -1.21. The summed E-state index contributed by atoms with van der Waals surface area (Å²) in [5.74, 6) is -2.85. The lowest BCUT2D eigenvalue weighted by atomic mass is 9.70. The number of hydrogen-bond donors (Lipinski definition) is 1. The molecular weight excluding hydrogens is 293 g/mol. The highest BCUT2D eigenvalue weighted by molar-refractivity contribution is 5.99. The van der Waals surface area contributed by atoms with E-state index in [1.807, 2.05) is 0 Å². The molecule has 0 aromatic carbocycles. The summed E-state index contributed by atoms with van der Waals surface area (Å²) in [6.45, 7) is 2.95. The van der Waals surface area contributed by atoms with Crippen LogP contribution in [0.25, 0.3) is 0 Å². The molecule has 0 spiro atoms. The van der Waals surface area contributed by atoms with Crippen molar-refractivity contribution >= 4 is 17.8 Å². The van der Waals surface area contributed by atoms with Crippen LogP contribution in [0.5, 0.6) is 0 Å². The number of Topliss-reactive ketones (excluding diaryl/α,β-unsaturated/α-hetero) is 1. The van der Waals surface area contributed by atoms with Gasteiger partial charge in [0.05, 0.1) is 20.3 Å². The predicted octanol–water partition coefficient (Wildman–Crippen LogP) is 1.91. The zero-order chi connectivity index (χ0) is 16.9. The maximum absolute atomic E-state index is 13.2. The Labute approximate surface area is 128 Å². The van der Waals surface area contributed by atoms with Crippen LogP contribution in [0.1, 0.15) is 20.3 Å². The average molecular weight is 313 g/mol. The van der Waals surface area contributed by atoms with Gasteiger partial charge in [-0.15, -0.1) is 0 Å². The van der Waals surface area contributed by atoms with Crippen LogP contribution in [-0.4, -0.2) is 38.1 Å². The summed E-state index contributed by atoms with van der Waals surface area (Å²) < 4.78 is 22.4. The molecule has 3 atom stereocenters. The monoisotopic (exact) mass is 313 g/mol. The second-order valence-electron chi connectivity index (χ2n) is 5.36. The predicted molar refractivity (Wildman–Crippen MR) is 76.6 cm³/mol. The molecule has 22 heavy (non-hydrogen) atoms. The number of ether oxygens (including phenoxy) is 2. The van der Waals surface area contributed by atoms with Crippen LogP contribution in [0, 0.1) is 11.3 Å². The summed E-state index contributed by atoms with van der Waals surface area (Å²) in [6.07, 6.45) is 3.53. The number of rotatable bonds is 5. The van der Waals surface area contributed by atoms with Crippen LogP contribution in [-0.2, 0) is 19.1 Å². The Morgan fingerprint density at radius 2 is 1.95 bits per heavy atom. The molecule has 1 aliphatic rings. The molecule has 0 aromatic rings. The minimum absolute atomic E-state index is 0.213. The number of esters is 1. The van der Waals surface area contributed by atoms with Crippen LogP contribution >= 0.6 is 0 Å². The molecule has 7 heteroatoms. The van der Waals surface area contributed by atoms with Crippen LogP contribution < -0.4 is 5.32 Å². The Bertz CT molecular complexity index is 528. The lowest BCUT2D eigenvalue weighted by Gasteiger charge is -2.38. The van der Waals surface area contributed by atoms with Gasteiger partial charge < -0.3 is 14.8 Å². The molecule has 0 saturated carbocycles. The Morgan fingerprint density at radius 3 is 2.36 bits per heavy atom. The Kier molecular flexibility index (Phi) is 5.84. The molecule has 0 aliphatic heterocycles. The first-order valence-electron chi connectivity index (χ1n) is 6.73. The van der Waals surface area contributed by atoms with Crippen LogP contribution in [0.2, 0.25) is 0 Å². The zero-order valence-electron chi connectivity index (χ0n) is 13.0. The third-order valence-electron chi connectivity index (χ3n) is 3.76. The number of amides is 1. The summed E-state index contributed by atoms with van der Waals surface area (Å²) in [7, 11) is 2.33. The van der Waals surface area contributed by atoms with Gasteiger partial charge in [0, 0.05) is 5.41 Å². The molecule has 0 saturated heterocycles. The maximum Gasteiger partial charge on any atom is 0.407 e. The van der Waals surface area contributed by atoms with Gasteiger partial charge in [-0.3, -0.25) is 9.59 Å². The zero-order valence-corrected chi connectivity index (χ0v) is 13.0. The number of hydrogen-bond acceptors (Lipinski definition) is 5. The third-order valence-corrected chi connectivity index (χ3v) is 3.76. The fourth-order valence-corrected chi connectivity index (χ4v) is 2.43. The second kappa shape index (κ2) is 7.20. The number of carbonyl (C=O) groups is 3. The largest absolute Gasteiger partial charge is 0.468 e. The average Bonchev–Trinajstić information content (AvgIpc) is 2.48. The maximum atomic E-state index is 13.2. The normalized spacial score (nSPS) is 23.0. The molecule has 2 unspecified atom stereocenters. The smallest absolute Gasteiger partial charge is 0.407 e. The van der Waals surface area contributed by atoms with E-state index >= 15 is 0 Å². The molecule has 1 rings (SSSR count). The van der Waals surface area contributed by atoms with Gasteiger partial charge in [-0.05, 0) is 25.5 Å². The Hall–Kier alpha value is -2.18.